The van der Waals surface area contributed by atoms with E-state index in [-0.39, 0.29) is 16.8 Å². The number of thiazole rings is 1. The Balaban J connectivity index is 1.95. The van der Waals surface area contributed by atoms with Crippen LogP contribution in [0.5, 0.6) is 5.75 Å². The number of hydrogen-bond donors (Lipinski definition) is 1. The molecular weight excluding hydrogens is 400 g/mol. The van der Waals surface area contributed by atoms with E-state index in [1.807, 2.05) is 0 Å². The van der Waals surface area contributed by atoms with Crippen LogP contribution in [0, 0.1) is 11.6 Å². The molecule has 9 heteroatoms. The summed E-state index contributed by atoms with van der Waals surface area (Å²) in [6.07, 6.45) is 1.54. The average Bonchev–Trinajstić information content (AvgIpc) is 3.22. The summed E-state index contributed by atoms with van der Waals surface area (Å²) in [6.45, 7) is 0. The van der Waals surface area contributed by atoms with Gasteiger partial charge in [-0.3, -0.25) is 10.1 Å². The molecule has 2 aromatic carbocycles. The molecular formula is C20H13F2N3O3S. The van der Waals surface area contributed by atoms with Crippen LogP contribution in [0.15, 0.2) is 63.5 Å². The van der Waals surface area contributed by atoms with Crippen LogP contribution in [-0.2, 0) is 0 Å². The fourth-order valence-electron chi connectivity index (χ4n) is 2.66. The minimum Gasteiger partial charge on any atom is -0.493 e. The molecule has 0 saturated carbocycles. The summed E-state index contributed by atoms with van der Waals surface area (Å²) in [5.74, 6) is -1.57. The van der Waals surface area contributed by atoms with Crippen LogP contribution in [0.4, 0.5) is 19.6 Å². The second-order valence-corrected chi connectivity index (χ2v) is 6.74. The van der Waals surface area contributed by atoms with Gasteiger partial charge in [0.05, 0.1) is 7.11 Å². The molecule has 0 spiro atoms. The molecule has 4 rings (SSSR count). The number of halogens is 2. The van der Waals surface area contributed by atoms with Crippen molar-refractivity contribution in [2.24, 2.45) is 4.99 Å². The largest absolute Gasteiger partial charge is 0.493 e. The number of benzene rings is 2. The quantitative estimate of drug-likeness (QED) is 0.528. The molecule has 0 saturated heterocycles. The first-order valence-corrected chi connectivity index (χ1v) is 9.24. The Morgan fingerprint density at radius 3 is 2.86 bits per heavy atom. The number of aromatic nitrogens is 1. The van der Waals surface area contributed by atoms with Crippen LogP contribution in [0.2, 0.25) is 0 Å². The van der Waals surface area contributed by atoms with Gasteiger partial charge in [-0.05, 0) is 24.3 Å². The number of anilines is 1. The predicted molar refractivity (Wildman–Crippen MR) is 104 cm³/mol. The van der Waals surface area contributed by atoms with E-state index in [0.29, 0.717) is 21.9 Å². The molecule has 0 fully saturated rings. The molecule has 0 aliphatic carbocycles. The Kier molecular flexibility index (Phi) is 5.05. The van der Waals surface area contributed by atoms with Gasteiger partial charge in [-0.25, -0.2) is 18.8 Å². The number of rotatable bonds is 4. The van der Waals surface area contributed by atoms with E-state index in [9.17, 15) is 13.6 Å². The van der Waals surface area contributed by atoms with Crippen LogP contribution in [-0.4, -0.2) is 18.0 Å². The third kappa shape index (κ3) is 3.85. The SMILES string of the molecule is COc1cccc2cc(C(=O)Nc3nccs3)c(=Nc3cc(F)ccc3F)oc12. The number of hydrogen-bond acceptors (Lipinski definition) is 6. The van der Waals surface area contributed by atoms with Crippen molar-refractivity contribution in [1.29, 1.82) is 0 Å². The predicted octanol–water partition coefficient (Wildman–Crippen LogP) is 4.66. The maximum Gasteiger partial charge on any atom is 0.262 e. The van der Waals surface area contributed by atoms with Gasteiger partial charge in [-0.1, -0.05) is 12.1 Å². The fraction of sp³-hybridized carbons (Fsp3) is 0.0500. The Hall–Kier alpha value is -3.59. The molecule has 146 valence electrons. The number of carbonyl (C=O) groups excluding carboxylic acids is 1. The van der Waals surface area contributed by atoms with Crippen LogP contribution in [0.1, 0.15) is 10.4 Å². The number of amides is 1. The van der Waals surface area contributed by atoms with Gasteiger partial charge in [0, 0.05) is 23.0 Å². The Morgan fingerprint density at radius 1 is 1.24 bits per heavy atom. The topological polar surface area (TPSA) is 76.7 Å². The second-order valence-electron chi connectivity index (χ2n) is 5.84. The summed E-state index contributed by atoms with van der Waals surface area (Å²) in [4.78, 5) is 20.9. The summed E-state index contributed by atoms with van der Waals surface area (Å²) >= 11 is 1.24. The lowest BCUT2D eigenvalue weighted by Crippen LogP contribution is -2.21. The Morgan fingerprint density at radius 2 is 2.10 bits per heavy atom. The lowest BCUT2D eigenvalue weighted by molar-refractivity contribution is 0.102. The molecule has 0 atom stereocenters. The maximum absolute atomic E-state index is 14.1. The smallest absolute Gasteiger partial charge is 0.262 e. The van der Waals surface area contributed by atoms with Crippen molar-refractivity contribution in [2.45, 2.75) is 0 Å². The van der Waals surface area contributed by atoms with Gasteiger partial charge in [-0.2, -0.15) is 0 Å². The molecule has 0 unspecified atom stereocenters. The highest BCUT2D eigenvalue weighted by molar-refractivity contribution is 7.13. The highest BCUT2D eigenvalue weighted by atomic mass is 32.1. The van der Waals surface area contributed by atoms with Crippen molar-refractivity contribution in [1.82, 2.24) is 4.98 Å². The maximum atomic E-state index is 14.1. The van der Waals surface area contributed by atoms with Gasteiger partial charge < -0.3 is 9.15 Å². The highest BCUT2D eigenvalue weighted by Crippen LogP contribution is 2.26. The first-order chi connectivity index (χ1) is 14.0. The molecule has 4 aromatic rings. The summed E-state index contributed by atoms with van der Waals surface area (Å²) in [6, 6.07) is 9.53. The van der Waals surface area contributed by atoms with E-state index in [4.69, 9.17) is 9.15 Å². The Bertz CT molecular complexity index is 1270. The van der Waals surface area contributed by atoms with Crippen molar-refractivity contribution in [3.63, 3.8) is 0 Å². The number of fused-ring (bicyclic) bond motifs is 1. The zero-order valence-electron chi connectivity index (χ0n) is 15.0. The molecule has 0 bridgehead atoms. The van der Waals surface area contributed by atoms with Crippen LogP contribution >= 0.6 is 11.3 Å². The second kappa shape index (κ2) is 7.80. The minimum atomic E-state index is -0.756. The van der Waals surface area contributed by atoms with Crippen LogP contribution in [0.3, 0.4) is 0 Å². The molecule has 0 aliphatic heterocycles. The van der Waals surface area contributed by atoms with Crippen LogP contribution in [0.25, 0.3) is 11.0 Å². The summed E-state index contributed by atoms with van der Waals surface area (Å²) < 4.78 is 38.8. The monoisotopic (exact) mass is 413 g/mol. The van der Waals surface area contributed by atoms with E-state index >= 15 is 0 Å². The number of carbonyl (C=O) groups is 1. The number of nitrogens with one attached hydrogen (secondary N) is 1. The number of nitrogens with zero attached hydrogens (tertiary/aromatic N) is 2. The third-order valence-corrected chi connectivity index (χ3v) is 4.67. The van der Waals surface area contributed by atoms with E-state index in [2.05, 4.69) is 15.3 Å². The van der Waals surface area contributed by atoms with Crippen molar-refractivity contribution < 1.29 is 22.7 Å². The van der Waals surface area contributed by atoms with Crippen molar-refractivity contribution in [2.75, 3.05) is 12.4 Å². The highest BCUT2D eigenvalue weighted by Gasteiger charge is 2.16. The molecule has 0 radical (unpaired) electrons. The molecule has 1 N–H and O–H groups in total. The van der Waals surface area contributed by atoms with Crippen molar-refractivity contribution >= 4 is 39.0 Å². The molecule has 2 heterocycles. The van der Waals surface area contributed by atoms with Gasteiger partial charge >= 0.3 is 0 Å². The zero-order chi connectivity index (χ0) is 20.4. The van der Waals surface area contributed by atoms with Crippen molar-refractivity contribution in [3.05, 3.63) is 76.8 Å². The van der Waals surface area contributed by atoms with Gasteiger partial charge in [-0.15, -0.1) is 11.3 Å². The van der Waals surface area contributed by atoms with Gasteiger partial charge in [0.15, 0.2) is 16.5 Å². The van der Waals surface area contributed by atoms with E-state index in [0.717, 1.165) is 18.2 Å². The molecule has 1 amide bonds. The Labute approximate surface area is 167 Å². The van der Waals surface area contributed by atoms with Gasteiger partial charge in [0.2, 0.25) is 5.55 Å². The summed E-state index contributed by atoms with van der Waals surface area (Å²) in [5.41, 5.74) is -0.146. The number of para-hydroxylation sites is 1. The summed E-state index contributed by atoms with van der Waals surface area (Å²) in [5, 5.41) is 5.29. The normalized spacial score (nSPS) is 11.6. The fourth-order valence-corrected chi connectivity index (χ4v) is 3.19. The van der Waals surface area contributed by atoms with E-state index < -0.39 is 17.5 Å². The molecule has 2 aromatic heterocycles. The van der Waals surface area contributed by atoms with Crippen molar-refractivity contribution in [3.8, 4) is 5.75 Å². The molecule has 29 heavy (non-hydrogen) atoms. The van der Waals surface area contributed by atoms with Crippen LogP contribution < -0.4 is 15.6 Å². The number of ether oxygens (including phenoxy) is 1. The summed E-state index contributed by atoms with van der Waals surface area (Å²) in [7, 11) is 1.47. The lowest BCUT2D eigenvalue weighted by Gasteiger charge is -2.08. The average molecular weight is 413 g/mol. The van der Waals surface area contributed by atoms with Gasteiger partial charge in [0.25, 0.3) is 5.91 Å². The number of methoxy groups -OCH3 is 1. The minimum absolute atomic E-state index is 0.0321. The lowest BCUT2D eigenvalue weighted by atomic mass is 10.1. The van der Waals surface area contributed by atoms with Gasteiger partial charge in [0.1, 0.15) is 22.9 Å². The van der Waals surface area contributed by atoms with E-state index in [1.54, 1.807) is 35.8 Å². The first-order valence-electron chi connectivity index (χ1n) is 8.36. The molecule has 0 aliphatic rings. The zero-order valence-corrected chi connectivity index (χ0v) is 15.8. The van der Waals surface area contributed by atoms with E-state index in [1.165, 1.54) is 18.4 Å². The molecule has 6 nitrogen and oxygen atoms in total. The first kappa shape index (κ1) is 18.8. The third-order valence-electron chi connectivity index (χ3n) is 3.99. The standard InChI is InChI=1S/C20H13F2N3O3S/c1-27-16-4-2-3-11-9-13(18(26)25-20-23-7-8-29-20)19(28-17(11)16)24-15-10-12(21)5-6-14(15)22/h2-10H,1H3,(H,23,25,26).